The minimum Gasteiger partial charge on any atom is -0.507 e. The Labute approximate surface area is 173 Å². The standard InChI is InChI=1S/C23H19ClO5/c1-28-22-12-18(19(25)11-15-5-3-2-4-6-15)20(26)13-23(22)29-14-21(27)16-7-9-17(24)10-8-16/h2-10,12-13,26H,11,14H2,1H3. The summed E-state index contributed by atoms with van der Waals surface area (Å²) in [4.78, 5) is 24.8. The summed E-state index contributed by atoms with van der Waals surface area (Å²) in [5.74, 6) is -0.324. The first-order chi connectivity index (χ1) is 14.0. The van der Waals surface area contributed by atoms with Crippen molar-refractivity contribution in [3.63, 3.8) is 0 Å². The van der Waals surface area contributed by atoms with Gasteiger partial charge in [-0.15, -0.1) is 0 Å². The number of Topliss-reactive ketones (excluding diaryl/α,β-unsaturated/α-hetero) is 2. The van der Waals surface area contributed by atoms with Crippen molar-refractivity contribution in [3.05, 3.63) is 88.4 Å². The summed E-state index contributed by atoms with van der Waals surface area (Å²) in [7, 11) is 1.42. The van der Waals surface area contributed by atoms with Crippen molar-refractivity contribution in [1.29, 1.82) is 0 Å². The number of rotatable bonds is 8. The number of hydrogen-bond acceptors (Lipinski definition) is 5. The number of hydrogen-bond donors (Lipinski definition) is 1. The Morgan fingerprint density at radius 3 is 2.28 bits per heavy atom. The molecule has 0 atom stereocenters. The quantitative estimate of drug-likeness (QED) is 0.543. The number of methoxy groups -OCH3 is 1. The first kappa shape index (κ1) is 20.4. The summed E-state index contributed by atoms with van der Waals surface area (Å²) < 4.78 is 10.8. The highest BCUT2D eigenvalue weighted by molar-refractivity contribution is 6.30. The molecule has 0 saturated heterocycles. The highest BCUT2D eigenvalue weighted by Gasteiger charge is 2.18. The molecule has 0 fully saturated rings. The van der Waals surface area contributed by atoms with Crippen molar-refractivity contribution < 1.29 is 24.2 Å². The van der Waals surface area contributed by atoms with Gasteiger partial charge in [0.05, 0.1) is 12.7 Å². The Hall–Kier alpha value is -3.31. The molecule has 3 aromatic carbocycles. The van der Waals surface area contributed by atoms with E-state index >= 15 is 0 Å². The largest absolute Gasteiger partial charge is 0.507 e. The van der Waals surface area contributed by atoms with Gasteiger partial charge >= 0.3 is 0 Å². The van der Waals surface area contributed by atoms with Gasteiger partial charge in [-0.05, 0) is 35.9 Å². The van der Waals surface area contributed by atoms with E-state index in [0.717, 1.165) is 5.56 Å². The fraction of sp³-hybridized carbons (Fsp3) is 0.130. The van der Waals surface area contributed by atoms with Gasteiger partial charge in [0, 0.05) is 23.1 Å². The summed E-state index contributed by atoms with van der Waals surface area (Å²) in [6.07, 6.45) is 0.146. The lowest BCUT2D eigenvalue weighted by atomic mass is 10.0. The normalized spacial score (nSPS) is 10.4. The molecule has 0 aliphatic rings. The zero-order valence-electron chi connectivity index (χ0n) is 15.7. The molecule has 0 heterocycles. The molecule has 0 spiro atoms. The van der Waals surface area contributed by atoms with Crippen LogP contribution in [0.2, 0.25) is 5.02 Å². The Balaban J connectivity index is 1.74. The summed E-state index contributed by atoms with van der Waals surface area (Å²) in [5.41, 5.74) is 1.42. The van der Waals surface area contributed by atoms with E-state index in [2.05, 4.69) is 0 Å². The number of carbonyl (C=O) groups excluding carboxylic acids is 2. The topological polar surface area (TPSA) is 72.8 Å². The summed E-state index contributed by atoms with van der Waals surface area (Å²) in [6.45, 7) is -0.255. The molecule has 0 radical (unpaired) electrons. The Morgan fingerprint density at radius 2 is 1.62 bits per heavy atom. The monoisotopic (exact) mass is 410 g/mol. The molecule has 5 nitrogen and oxygen atoms in total. The van der Waals surface area contributed by atoms with Crippen LogP contribution in [-0.4, -0.2) is 30.4 Å². The zero-order valence-corrected chi connectivity index (χ0v) is 16.5. The molecule has 0 saturated carbocycles. The van der Waals surface area contributed by atoms with E-state index in [-0.39, 0.29) is 47.4 Å². The van der Waals surface area contributed by atoms with Crippen LogP contribution in [0.4, 0.5) is 0 Å². The van der Waals surface area contributed by atoms with Crippen LogP contribution in [0.1, 0.15) is 26.3 Å². The molecular formula is C23H19ClO5. The Morgan fingerprint density at radius 1 is 0.931 bits per heavy atom. The van der Waals surface area contributed by atoms with E-state index in [1.54, 1.807) is 24.3 Å². The van der Waals surface area contributed by atoms with Gasteiger partial charge < -0.3 is 14.6 Å². The molecule has 0 unspecified atom stereocenters. The van der Waals surface area contributed by atoms with Crippen LogP contribution in [-0.2, 0) is 6.42 Å². The van der Waals surface area contributed by atoms with Crippen LogP contribution in [0.5, 0.6) is 17.2 Å². The van der Waals surface area contributed by atoms with Crippen molar-refractivity contribution >= 4 is 23.2 Å². The molecule has 29 heavy (non-hydrogen) atoms. The van der Waals surface area contributed by atoms with Gasteiger partial charge in [-0.1, -0.05) is 41.9 Å². The number of benzene rings is 3. The van der Waals surface area contributed by atoms with Gasteiger partial charge in [-0.2, -0.15) is 0 Å². The van der Waals surface area contributed by atoms with Gasteiger partial charge in [-0.25, -0.2) is 0 Å². The van der Waals surface area contributed by atoms with Crippen molar-refractivity contribution in [2.45, 2.75) is 6.42 Å². The second kappa shape index (κ2) is 9.26. The van der Waals surface area contributed by atoms with Crippen molar-refractivity contribution in [2.24, 2.45) is 0 Å². The number of ketones is 2. The average molecular weight is 411 g/mol. The van der Waals surface area contributed by atoms with Crippen molar-refractivity contribution in [1.82, 2.24) is 0 Å². The molecule has 0 aromatic heterocycles. The number of aromatic hydroxyl groups is 1. The second-order valence-electron chi connectivity index (χ2n) is 6.32. The maximum Gasteiger partial charge on any atom is 0.200 e. The number of ether oxygens (including phenoxy) is 2. The van der Waals surface area contributed by atoms with E-state index < -0.39 is 0 Å². The molecule has 0 bridgehead atoms. The van der Waals surface area contributed by atoms with Crippen molar-refractivity contribution in [2.75, 3.05) is 13.7 Å². The van der Waals surface area contributed by atoms with Gasteiger partial charge in [0.15, 0.2) is 29.7 Å². The molecule has 0 amide bonds. The molecule has 0 aliphatic carbocycles. The molecule has 6 heteroatoms. The summed E-state index contributed by atoms with van der Waals surface area (Å²) >= 11 is 5.82. The first-order valence-corrected chi connectivity index (χ1v) is 9.25. The van der Waals surface area contributed by atoms with E-state index in [1.807, 2.05) is 30.3 Å². The van der Waals surface area contributed by atoms with Gasteiger partial charge in [0.1, 0.15) is 5.75 Å². The lowest BCUT2D eigenvalue weighted by molar-refractivity contribution is 0.0917. The van der Waals surface area contributed by atoms with Gasteiger partial charge in [-0.3, -0.25) is 9.59 Å². The SMILES string of the molecule is COc1cc(C(=O)Cc2ccccc2)c(O)cc1OCC(=O)c1ccc(Cl)cc1. The summed E-state index contributed by atoms with van der Waals surface area (Å²) in [5, 5.41) is 10.8. The Bertz CT molecular complexity index is 1010. The number of phenols is 1. The molecule has 1 N–H and O–H groups in total. The number of halogens is 1. The van der Waals surface area contributed by atoms with Crippen LogP contribution < -0.4 is 9.47 Å². The van der Waals surface area contributed by atoms with E-state index in [4.69, 9.17) is 21.1 Å². The van der Waals surface area contributed by atoms with Gasteiger partial charge in [0.25, 0.3) is 0 Å². The predicted octanol–water partition coefficient (Wildman–Crippen LogP) is 4.74. The number of phenolic OH excluding ortho intramolecular Hbond substituents is 1. The van der Waals surface area contributed by atoms with E-state index in [1.165, 1.54) is 19.2 Å². The van der Waals surface area contributed by atoms with Crippen LogP contribution >= 0.6 is 11.6 Å². The molecule has 0 aliphatic heterocycles. The second-order valence-corrected chi connectivity index (χ2v) is 6.76. The molecule has 3 rings (SSSR count). The third-order valence-electron chi connectivity index (χ3n) is 4.31. The maximum absolute atomic E-state index is 12.6. The fourth-order valence-corrected chi connectivity index (χ4v) is 2.91. The third-order valence-corrected chi connectivity index (χ3v) is 4.57. The molecule has 3 aromatic rings. The fourth-order valence-electron chi connectivity index (χ4n) is 2.78. The zero-order chi connectivity index (χ0) is 20.8. The molecule has 148 valence electrons. The lowest BCUT2D eigenvalue weighted by Gasteiger charge is -2.13. The van der Waals surface area contributed by atoms with Crippen LogP contribution in [0, 0.1) is 0 Å². The van der Waals surface area contributed by atoms with Crippen LogP contribution in [0.15, 0.2) is 66.7 Å². The van der Waals surface area contributed by atoms with Crippen molar-refractivity contribution in [3.8, 4) is 17.2 Å². The lowest BCUT2D eigenvalue weighted by Crippen LogP contribution is -2.12. The van der Waals surface area contributed by atoms with E-state index in [9.17, 15) is 14.7 Å². The maximum atomic E-state index is 12.6. The number of carbonyl (C=O) groups is 2. The summed E-state index contributed by atoms with van der Waals surface area (Å²) in [6, 6.07) is 18.4. The first-order valence-electron chi connectivity index (χ1n) is 8.87. The average Bonchev–Trinajstić information content (AvgIpc) is 2.73. The highest BCUT2D eigenvalue weighted by atomic mass is 35.5. The smallest absolute Gasteiger partial charge is 0.200 e. The molecular weight excluding hydrogens is 392 g/mol. The highest BCUT2D eigenvalue weighted by Crippen LogP contribution is 2.35. The van der Waals surface area contributed by atoms with Gasteiger partial charge in [0.2, 0.25) is 0 Å². The Kier molecular flexibility index (Phi) is 6.52. The van der Waals surface area contributed by atoms with E-state index in [0.29, 0.717) is 10.6 Å². The minimum absolute atomic E-state index is 0.127. The van der Waals surface area contributed by atoms with Crippen LogP contribution in [0.25, 0.3) is 0 Å². The predicted molar refractivity (Wildman–Crippen MR) is 110 cm³/mol. The van der Waals surface area contributed by atoms with Crippen LogP contribution in [0.3, 0.4) is 0 Å². The minimum atomic E-state index is -0.257. The third kappa shape index (κ3) is 5.15.